The Morgan fingerprint density at radius 1 is 1.28 bits per heavy atom. The van der Waals surface area contributed by atoms with Gasteiger partial charge in [0.25, 0.3) is 5.91 Å². The fourth-order valence-electron chi connectivity index (χ4n) is 3.07. The minimum absolute atomic E-state index is 0.0119. The Hall–Kier alpha value is -3.38. The fourth-order valence-corrected chi connectivity index (χ4v) is 3.97. The second-order valence-corrected chi connectivity index (χ2v) is 7.67. The van der Waals surface area contributed by atoms with Gasteiger partial charge in [-0.25, -0.2) is 15.0 Å². The predicted molar refractivity (Wildman–Crippen MR) is 109 cm³/mol. The zero-order valence-electron chi connectivity index (χ0n) is 15.5. The lowest BCUT2D eigenvalue weighted by atomic mass is 10.1. The topological polar surface area (TPSA) is 143 Å². The maximum Gasteiger partial charge on any atom is 0.353 e. The Bertz CT molecular complexity index is 1090. The summed E-state index contributed by atoms with van der Waals surface area (Å²) in [5.41, 5.74) is 6.45. The van der Waals surface area contributed by atoms with Crippen molar-refractivity contribution in [1.82, 2.24) is 24.8 Å². The van der Waals surface area contributed by atoms with Gasteiger partial charge in [0.15, 0.2) is 5.13 Å². The first kappa shape index (κ1) is 19.0. The molecule has 1 saturated heterocycles. The summed E-state index contributed by atoms with van der Waals surface area (Å²) in [6.07, 6.45) is 1.14. The number of nitrogen functional groups attached to an aromatic ring is 1. The number of piperazine rings is 1. The predicted octanol–water partition coefficient (Wildman–Crippen LogP) is 1.71. The fraction of sp³-hybridized carbons (Fsp3) is 0.294. The van der Waals surface area contributed by atoms with Crippen LogP contribution in [0, 0.1) is 10.1 Å². The van der Waals surface area contributed by atoms with Crippen molar-refractivity contribution < 1.29 is 9.72 Å². The van der Waals surface area contributed by atoms with Gasteiger partial charge < -0.3 is 20.9 Å². The van der Waals surface area contributed by atoms with Gasteiger partial charge >= 0.3 is 5.69 Å². The maximum atomic E-state index is 12.8. The lowest BCUT2D eigenvalue weighted by molar-refractivity contribution is -0.383. The molecule has 1 aromatic carbocycles. The first-order valence-electron chi connectivity index (χ1n) is 8.82. The second kappa shape index (κ2) is 7.56. The van der Waals surface area contributed by atoms with Crippen molar-refractivity contribution in [3.05, 3.63) is 40.2 Å². The molecule has 3 heterocycles. The highest BCUT2D eigenvalue weighted by Crippen LogP contribution is 2.33. The number of benzene rings is 1. The molecule has 1 amide bonds. The van der Waals surface area contributed by atoms with Gasteiger partial charge in [0.2, 0.25) is 11.6 Å². The Labute approximate surface area is 169 Å². The molecule has 0 atom stereocenters. The molecule has 29 heavy (non-hydrogen) atoms. The quantitative estimate of drug-likeness (QED) is 0.481. The van der Waals surface area contributed by atoms with Gasteiger partial charge in [-0.3, -0.25) is 14.9 Å². The van der Waals surface area contributed by atoms with E-state index < -0.39 is 10.6 Å². The lowest BCUT2D eigenvalue weighted by Gasteiger charge is -2.32. The number of amides is 1. The number of likely N-dealkylation sites (N-methyl/N-ethyl adjacent to an activating group) is 1. The summed E-state index contributed by atoms with van der Waals surface area (Å²) in [5, 5.41) is 14.5. The van der Waals surface area contributed by atoms with Crippen LogP contribution in [0.15, 0.2) is 24.5 Å². The first-order valence-corrected chi connectivity index (χ1v) is 9.64. The molecule has 3 N–H and O–H groups in total. The van der Waals surface area contributed by atoms with Crippen molar-refractivity contribution in [2.24, 2.45) is 0 Å². The number of nitrogens with one attached hydrogen (secondary N) is 1. The molecule has 2 aromatic heterocycles. The van der Waals surface area contributed by atoms with Crippen LogP contribution in [0.3, 0.4) is 0 Å². The van der Waals surface area contributed by atoms with E-state index in [2.05, 4.69) is 25.2 Å². The summed E-state index contributed by atoms with van der Waals surface area (Å²) in [6.45, 7) is 3.09. The van der Waals surface area contributed by atoms with Crippen molar-refractivity contribution in [3.63, 3.8) is 0 Å². The van der Waals surface area contributed by atoms with Crippen molar-refractivity contribution in [1.29, 1.82) is 0 Å². The maximum absolute atomic E-state index is 12.8. The van der Waals surface area contributed by atoms with E-state index in [0.717, 1.165) is 24.1 Å². The highest BCUT2D eigenvalue weighted by atomic mass is 32.1. The number of hydrogen-bond donors (Lipinski definition) is 2. The summed E-state index contributed by atoms with van der Waals surface area (Å²) in [6, 6.07) is 5.31. The molecule has 0 unspecified atom stereocenters. The summed E-state index contributed by atoms with van der Waals surface area (Å²) in [5.74, 6) is -0.272. The molecule has 3 aromatic rings. The zero-order chi connectivity index (χ0) is 20.5. The second-order valence-electron chi connectivity index (χ2n) is 6.64. The molecule has 0 spiro atoms. The van der Waals surface area contributed by atoms with E-state index in [4.69, 9.17) is 5.73 Å². The number of nitrogens with two attached hydrogens (primary N) is 1. The van der Waals surface area contributed by atoms with Gasteiger partial charge in [0.1, 0.15) is 6.33 Å². The van der Waals surface area contributed by atoms with Crippen molar-refractivity contribution in [2.45, 2.75) is 0 Å². The van der Waals surface area contributed by atoms with Crippen LogP contribution in [-0.4, -0.2) is 68.8 Å². The Balaban J connectivity index is 1.59. The monoisotopic (exact) mass is 414 g/mol. The standard InChI is InChI=1S/C17H18N8O3S/c1-23-4-6-24(7-5-23)16(26)10-2-3-11-12(8-10)29-17(21-11)22-15-13(25(27)28)14(18)19-9-20-15/h2-3,8-9H,4-7H2,1H3,(H3,18,19,20,21,22). The number of carbonyl (C=O) groups excluding carboxylic acids is 1. The summed E-state index contributed by atoms with van der Waals surface area (Å²) >= 11 is 1.27. The smallest absolute Gasteiger partial charge is 0.353 e. The number of fused-ring (bicyclic) bond motifs is 1. The molecular weight excluding hydrogens is 396 g/mol. The van der Waals surface area contributed by atoms with Crippen molar-refractivity contribution in [2.75, 3.05) is 44.3 Å². The van der Waals surface area contributed by atoms with E-state index in [0.29, 0.717) is 29.3 Å². The van der Waals surface area contributed by atoms with Crippen LogP contribution in [0.5, 0.6) is 0 Å². The summed E-state index contributed by atoms with van der Waals surface area (Å²) < 4.78 is 0.789. The molecule has 1 aliphatic rings. The van der Waals surface area contributed by atoms with Gasteiger partial charge in [-0.15, -0.1) is 0 Å². The minimum Gasteiger partial charge on any atom is -0.378 e. The van der Waals surface area contributed by atoms with Gasteiger partial charge in [-0.2, -0.15) is 0 Å². The van der Waals surface area contributed by atoms with Crippen LogP contribution in [0.25, 0.3) is 10.2 Å². The number of hydrogen-bond acceptors (Lipinski definition) is 10. The van der Waals surface area contributed by atoms with Crippen LogP contribution >= 0.6 is 11.3 Å². The number of carbonyl (C=O) groups is 1. The van der Waals surface area contributed by atoms with Crippen LogP contribution in [0.1, 0.15) is 10.4 Å². The Morgan fingerprint density at radius 2 is 2.03 bits per heavy atom. The van der Waals surface area contributed by atoms with Gasteiger partial charge in [0.05, 0.1) is 15.1 Å². The minimum atomic E-state index is -0.641. The number of thiazole rings is 1. The van der Waals surface area contributed by atoms with E-state index in [1.165, 1.54) is 11.3 Å². The molecule has 0 aliphatic carbocycles. The first-order chi connectivity index (χ1) is 13.9. The lowest BCUT2D eigenvalue weighted by Crippen LogP contribution is -2.47. The molecule has 1 aliphatic heterocycles. The van der Waals surface area contributed by atoms with Gasteiger partial charge in [0, 0.05) is 31.7 Å². The van der Waals surface area contributed by atoms with Crippen molar-refractivity contribution >= 4 is 49.9 Å². The third-order valence-electron chi connectivity index (χ3n) is 4.68. The summed E-state index contributed by atoms with van der Waals surface area (Å²) in [7, 11) is 2.04. The zero-order valence-corrected chi connectivity index (χ0v) is 16.3. The Kier molecular flexibility index (Phi) is 4.94. The Morgan fingerprint density at radius 3 is 2.76 bits per heavy atom. The van der Waals surface area contributed by atoms with E-state index in [1.807, 2.05) is 11.9 Å². The molecule has 0 radical (unpaired) electrons. The molecule has 150 valence electrons. The molecule has 12 heteroatoms. The van der Waals surface area contributed by atoms with Gasteiger partial charge in [-0.1, -0.05) is 11.3 Å². The number of nitrogens with zero attached hydrogens (tertiary/aromatic N) is 6. The highest BCUT2D eigenvalue weighted by molar-refractivity contribution is 7.22. The number of nitro groups is 1. The average molecular weight is 414 g/mol. The van der Waals surface area contributed by atoms with Crippen molar-refractivity contribution in [3.8, 4) is 0 Å². The van der Waals surface area contributed by atoms with E-state index >= 15 is 0 Å². The molecule has 1 fully saturated rings. The largest absolute Gasteiger partial charge is 0.378 e. The van der Waals surface area contributed by atoms with E-state index in [1.54, 1.807) is 18.2 Å². The number of aromatic nitrogens is 3. The molecule has 0 bridgehead atoms. The summed E-state index contributed by atoms with van der Waals surface area (Å²) in [4.78, 5) is 39.4. The number of anilines is 3. The van der Waals surface area contributed by atoms with Crippen LogP contribution in [0.2, 0.25) is 0 Å². The normalized spacial score (nSPS) is 14.9. The van der Waals surface area contributed by atoms with E-state index in [9.17, 15) is 14.9 Å². The third kappa shape index (κ3) is 3.79. The number of rotatable bonds is 4. The SMILES string of the molecule is CN1CCN(C(=O)c2ccc3nc(Nc4ncnc(N)c4[N+](=O)[O-])sc3c2)CC1. The van der Waals surface area contributed by atoms with Crippen LogP contribution in [-0.2, 0) is 0 Å². The average Bonchev–Trinajstić information content (AvgIpc) is 3.09. The van der Waals surface area contributed by atoms with Crippen LogP contribution < -0.4 is 11.1 Å². The molecule has 0 saturated carbocycles. The molecule has 11 nitrogen and oxygen atoms in total. The molecule has 4 rings (SSSR count). The van der Waals surface area contributed by atoms with E-state index in [-0.39, 0.29) is 17.5 Å². The van der Waals surface area contributed by atoms with Crippen LogP contribution in [0.4, 0.5) is 22.5 Å². The van der Waals surface area contributed by atoms with Gasteiger partial charge in [-0.05, 0) is 25.2 Å². The third-order valence-corrected chi connectivity index (χ3v) is 5.62. The molecular formula is C17H18N8O3S. The highest BCUT2D eigenvalue weighted by Gasteiger charge is 2.23.